The first-order valence-electron chi connectivity index (χ1n) is 6.11. The Kier molecular flexibility index (Phi) is 3.99. The van der Waals surface area contributed by atoms with Crippen molar-refractivity contribution in [2.75, 3.05) is 6.61 Å². The molecule has 4 nitrogen and oxygen atoms in total. The van der Waals surface area contributed by atoms with Gasteiger partial charge in [-0.1, -0.05) is 12.1 Å². The maximum absolute atomic E-state index is 5.94. The fraction of sp³-hybridized carbons (Fsp3) is 0.357. The summed E-state index contributed by atoms with van der Waals surface area (Å²) in [5.41, 5.74) is 8.16. The van der Waals surface area contributed by atoms with Gasteiger partial charge in [-0.25, -0.2) is 4.98 Å². The van der Waals surface area contributed by atoms with Crippen molar-refractivity contribution in [3.63, 3.8) is 0 Å². The highest BCUT2D eigenvalue weighted by molar-refractivity contribution is 5.38. The van der Waals surface area contributed by atoms with E-state index in [0.717, 1.165) is 17.9 Å². The molecule has 1 heterocycles. The fourth-order valence-electron chi connectivity index (χ4n) is 1.82. The SMILES string of the molecule is Cc1ccc([C@H](C)N)c(OCCn2ccnc2)c1. The van der Waals surface area contributed by atoms with Gasteiger partial charge in [0.2, 0.25) is 0 Å². The number of aryl methyl sites for hydroxylation is 1. The Bertz CT molecular complexity index is 492. The second-order valence-corrected chi connectivity index (χ2v) is 4.48. The molecule has 1 aromatic carbocycles. The van der Waals surface area contributed by atoms with Crippen molar-refractivity contribution >= 4 is 0 Å². The first-order chi connectivity index (χ1) is 8.66. The molecule has 0 aliphatic rings. The average molecular weight is 245 g/mol. The number of aromatic nitrogens is 2. The smallest absolute Gasteiger partial charge is 0.124 e. The average Bonchev–Trinajstić information content (AvgIpc) is 2.82. The van der Waals surface area contributed by atoms with Crippen LogP contribution >= 0.6 is 0 Å². The second-order valence-electron chi connectivity index (χ2n) is 4.48. The van der Waals surface area contributed by atoms with Crippen molar-refractivity contribution in [1.29, 1.82) is 0 Å². The van der Waals surface area contributed by atoms with Crippen LogP contribution in [0.5, 0.6) is 5.75 Å². The summed E-state index contributed by atoms with van der Waals surface area (Å²) in [6.45, 7) is 5.41. The summed E-state index contributed by atoms with van der Waals surface area (Å²) < 4.78 is 7.81. The zero-order valence-electron chi connectivity index (χ0n) is 10.8. The standard InChI is InChI=1S/C14H19N3O/c1-11-3-4-13(12(2)15)14(9-11)18-8-7-17-6-5-16-10-17/h3-6,9-10,12H,7-8,15H2,1-2H3/t12-/m0/s1. The van der Waals surface area contributed by atoms with Crippen LogP contribution in [0.4, 0.5) is 0 Å². The van der Waals surface area contributed by atoms with E-state index in [1.54, 1.807) is 12.5 Å². The fourth-order valence-corrected chi connectivity index (χ4v) is 1.82. The van der Waals surface area contributed by atoms with E-state index in [1.165, 1.54) is 5.56 Å². The zero-order chi connectivity index (χ0) is 13.0. The number of imidazole rings is 1. The topological polar surface area (TPSA) is 53.1 Å². The lowest BCUT2D eigenvalue weighted by Crippen LogP contribution is -2.11. The van der Waals surface area contributed by atoms with Crippen molar-refractivity contribution in [2.24, 2.45) is 5.73 Å². The van der Waals surface area contributed by atoms with Crippen LogP contribution in [0.2, 0.25) is 0 Å². The Morgan fingerprint density at radius 3 is 2.94 bits per heavy atom. The van der Waals surface area contributed by atoms with E-state index in [2.05, 4.69) is 11.1 Å². The maximum Gasteiger partial charge on any atom is 0.124 e. The van der Waals surface area contributed by atoms with Gasteiger partial charge in [-0.2, -0.15) is 0 Å². The zero-order valence-corrected chi connectivity index (χ0v) is 10.8. The molecule has 0 radical (unpaired) electrons. The predicted molar refractivity (Wildman–Crippen MR) is 71.5 cm³/mol. The van der Waals surface area contributed by atoms with Gasteiger partial charge >= 0.3 is 0 Å². The lowest BCUT2D eigenvalue weighted by molar-refractivity contribution is 0.294. The molecule has 2 aromatic rings. The Labute approximate surface area is 107 Å². The van der Waals surface area contributed by atoms with E-state index < -0.39 is 0 Å². The van der Waals surface area contributed by atoms with E-state index in [4.69, 9.17) is 10.5 Å². The van der Waals surface area contributed by atoms with Gasteiger partial charge in [0, 0.05) is 24.0 Å². The molecule has 0 spiro atoms. The van der Waals surface area contributed by atoms with E-state index in [9.17, 15) is 0 Å². The van der Waals surface area contributed by atoms with Crippen LogP contribution in [0.15, 0.2) is 36.9 Å². The van der Waals surface area contributed by atoms with E-state index in [1.807, 2.05) is 36.7 Å². The number of nitrogens with two attached hydrogens (primary N) is 1. The number of benzene rings is 1. The van der Waals surface area contributed by atoms with Crippen molar-refractivity contribution in [2.45, 2.75) is 26.4 Å². The number of nitrogens with zero attached hydrogens (tertiary/aromatic N) is 2. The Morgan fingerprint density at radius 2 is 2.28 bits per heavy atom. The van der Waals surface area contributed by atoms with Crippen molar-refractivity contribution in [3.05, 3.63) is 48.0 Å². The molecule has 2 N–H and O–H groups in total. The maximum atomic E-state index is 5.94. The minimum absolute atomic E-state index is 0.0196. The van der Waals surface area contributed by atoms with Crippen LogP contribution in [-0.4, -0.2) is 16.2 Å². The lowest BCUT2D eigenvalue weighted by Gasteiger charge is -2.15. The molecule has 18 heavy (non-hydrogen) atoms. The van der Waals surface area contributed by atoms with Gasteiger partial charge in [0.05, 0.1) is 12.9 Å². The lowest BCUT2D eigenvalue weighted by atomic mass is 10.1. The molecule has 0 bridgehead atoms. The molecule has 0 amide bonds. The molecule has 4 heteroatoms. The van der Waals surface area contributed by atoms with E-state index in [0.29, 0.717) is 6.61 Å². The molecule has 1 atom stereocenters. The summed E-state index contributed by atoms with van der Waals surface area (Å²) in [6.07, 6.45) is 5.47. The second kappa shape index (κ2) is 5.69. The van der Waals surface area contributed by atoms with E-state index in [-0.39, 0.29) is 6.04 Å². The van der Waals surface area contributed by atoms with Crippen LogP contribution in [-0.2, 0) is 6.54 Å². The molecule has 0 saturated carbocycles. The Hall–Kier alpha value is -1.81. The largest absolute Gasteiger partial charge is 0.491 e. The van der Waals surface area contributed by atoms with Gasteiger partial charge in [-0.15, -0.1) is 0 Å². The highest BCUT2D eigenvalue weighted by atomic mass is 16.5. The van der Waals surface area contributed by atoms with Gasteiger partial charge in [0.25, 0.3) is 0 Å². The Balaban J connectivity index is 2.01. The quantitative estimate of drug-likeness (QED) is 0.879. The van der Waals surface area contributed by atoms with Crippen LogP contribution in [0, 0.1) is 6.92 Å². The number of hydrogen-bond acceptors (Lipinski definition) is 3. The predicted octanol–water partition coefficient (Wildman–Crippen LogP) is 2.29. The molecule has 0 aliphatic carbocycles. The van der Waals surface area contributed by atoms with Crippen LogP contribution < -0.4 is 10.5 Å². The summed E-state index contributed by atoms with van der Waals surface area (Å²) in [7, 11) is 0. The molecular formula is C14H19N3O. The summed E-state index contributed by atoms with van der Waals surface area (Å²) in [4.78, 5) is 4.00. The summed E-state index contributed by atoms with van der Waals surface area (Å²) in [5.74, 6) is 0.880. The van der Waals surface area contributed by atoms with Crippen LogP contribution in [0.3, 0.4) is 0 Å². The number of ether oxygens (including phenoxy) is 1. The molecular weight excluding hydrogens is 226 g/mol. The third kappa shape index (κ3) is 3.11. The summed E-state index contributed by atoms with van der Waals surface area (Å²) in [6, 6.07) is 6.11. The summed E-state index contributed by atoms with van der Waals surface area (Å²) in [5, 5.41) is 0. The minimum Gasteiger partial charge on any atom is -0.491 e. The molecule has 1 aromatic heterocycles. The highest BCUT2D eigenvalue weighted by Gasteiger charge is 2.08. The third-order valence-corrected chi connectivity index (χ3v) is 2.83. The first-order valence-corrected chi connectivity index (χ1v) is 6.11. The molecule has 0 unspecified atom stereocenters. The molecule has 0 saturated heterocycles. The number of hydrogen-bond donors (Lipinski definition) is 1. The van der Waals surface area contributed by atoms with Gasteiger partial charge in [-0.3, -0.25) is 0 Å². The monoisotopic (exact) mass is 245 g/mol. The van der Waals surface area contributed by atoms with Gasteiger partial charge < -0.3 is 15.0 Å². The minimum atomic E-state index is -0.0196. The van der Waals surface area contributed by atoms with Crippen molar-refractivity contribution < 1.29 is 4.74 Å². The van der Waals surface area contributed by atoms with Crippen LogP contribution in [0.1, 0.15) is 24.1 Å². The normalized spacial score (nSPS) is 12.4. The van der Waals surface area contributed by atoms with Crippen molar-refractivity contribution in [3.8, 4) is 5.75 Å². The highest BCUT2D eigenvalue weighted by Crippen LogP contribution is 2.25. The van der Waals surface area contributed by atoms with Gasteiger partial charge in [-0.05, 0) is 25.5 Å². The molecule has 0 aliphatic heterocycles. The Morgan fingerprint density at radius 1 is 1.44 bits per heavy atom. The van der Waals surface area contributed by atoms with Crippen molar-refractivity contribution in [1.82, 2.24) is 9.55 Å². The van der Waals surface area contributed by atoms with Gasteiger partial charge in [0.15, 0.2) is 0 Å². The molecule has 96 valence electrons. The van der Waals surface area contributed by atoms with Gasteiger partial charge in [0.1, 0.15) is 12.4 Å². The summed E-state index contributed by atoms with van der Waals surface area (Å²) >= 11 is 0. The third-order valence-electron chi connectivity index (χ3n) is 2.83. The molecule has 0 fully saturated rings. The molecule has 2 rings (SSSR count). The van der Waals surface area contributed by atoms with Crippen LogP contribution in [0.25, 0.3) is 0 Å². The number of rotatable bonds is 5. The van der Waals surface area contributed by atoms with E-state index >= 15 is 0 Å². The first kappa shape index (κ1) is 12.6.